The van der Waals surface area contributed by atoms with Crippen LogP contribution in [0, 0.1) is 0 Å². The van der Waals surface area contributed by atoms with E-state index in [2.05, 4.69) is 25.3 Å². The van der Waals surface area contributed by atoms with Crippen molar-refractivity contribution in [1.82, 2.24) is 19.9 Å². The molecule has 1 aliphatic heterocycles. The van der Waals surface area contributed by atoms with Crippen LogP contribution in [-0.4, -0.2) is 58.3 Å². The number of H-pyrrole nitrogens is 1. The second kappa shape index (κ2) is 7.41. The number of methoxy groups -OCH3 is 1. The van der Waals surface area contributed by atoms with Crippen molar-refractivity contribution >= 4 is 22.6 Å². The highest BCUT2D eigenvalue weighted by Gasteiger charge is 2.24. The number of aromatic amines is 1. The van der Waals surface area contributed by atoms with Crippen LogP contribution in [0.5, 0.6) is 5.75 Å². The molecule has 0 radical (unpaired) electrons. The third-order valence-electron chi connectivity index (χ3n) is 4.72. The van der Waals surface area contributed by atoms with Gasteiger partial charge in [-0.2, -0.15) is 0 Å². The molecule has 10 nitrogen and oxygen atoms in total. The number of carbonyl (C=O) groups excluding carboxylic acids is 1. The molecule has 1 amide bonds. The molecular weight excluding hydrogens is 362 g/mol. The lowest BCUT2D eigenvalue weighted by Crippen LogP contribution is -2.47. The van der Waals surface area contributed by atoms with Crippen LogP contribution in [0.3, 0.4) is 0 Å². The van der Waals surface area contributed by atoms with Gasteiger partial charge >= 0.3 is 0 Å². The molecule has 0 saturated carbocycles. The van der Waals surface area contributed by atoms with Crippen molar-refractivity contribution < 1.29 is 14.3 Å². The SMILES string of the molecule is COc1cncc2[nH]c(-c3nc(NC4CCOC[C@@H]4N)cnc3C(N)=O)cc12. The van der Waals surface area contributed by atoms with Crippen LogP contribution in [0.1, 0.15) is 16.9 Å². The fraction of sp³-hybridized carbons (Fsp3) is 0.333. The van der Waals surface area contributed by atoms with Gasteiger partial charge in [-0.15, -0.1) is 0 Å². The number of primary amides is 1. The van der Waals surface area contributed by atoms with Gasteiger partial charge in [0.25, 0.3) is 5.91 Å². The molecule has 4 heterocycles. The molecule has 6 N–H and O–H groups in total. The van der Waals surface area contributed by atoms with Gasteiger partial charge in [-0.25, -0.2) is 9.97 Å². The zero-order valence-corrected chi connectivity index (χ0v) is 15.3. The molecule has 1 saturated heterocycles. The molecular formula is C18H21N7O3. The lowest BCUT2D eigenvalue weighted by Gasteiger charge is -2.29. The molecule has 28 heavy (non-hydrogen) atoms. The normalized spacial score (nSPS) is 19.5. The standard InChI is InChI=1S/C18H21N7O3/c1-27-14-6-21-5-13-9(14)4-12(23-13)16-17(18(20)26)22-7-15(25-16)24-11-2-3-28-8-10(11)19/h4-7,10-11,23H,2-3,8,19H2,1H3,(H2,20,26)(H,24,25)/t10-,11?/m0/s1. The first-order chi connectivity index (χ1) is 13.6. The lowest BCUT2D eigenvalue weighted by atomic mass is 10.0. The summed E-state index contributed by atoms with van der Waals surface area (Å²) in [6, 6.07) is 1.68. The number of rotatable bonds is 5. The Bertz CT molecular complexity index is 1020. The minimum atomic E-state index is -0.666. The smallest absolute Gasteiger partial charge is 0.269 e. The van der Waals surface area contributed by atoms with Gasteiger partial charge in [0.05, 0.1) is 43.5 Å². The van der Waals surface area contributed by atoms with E-state index in [1.165, 1.54) is 6.20 Å². The largest absolute Gasteiger partial charge is 0.494 e. The Labute approximate surface area is 160 Å². The van der Waals surface area contributed by atoms with Gasteiger partial charge in [-0.1, -0.05) is 0 Å². The summed E-state index contributed by atoms with van der Waals surface area (Å²) in [7, 11) is 1.57. The zero-order chi connectivity index (χ0) is 19.7. The molecule has 146 valence electrons. The van der Waals surface area contributed by atoms with Gasteiger partial charge in [0.1, 0.15) is 17.3 Å². The average Bonchev–Trinajstić information content (AvgIpc) is 3.14. The van der Waals surface area contributed by atoms with Crippen LogP contribution < -0.4 is 21.5 Å². The summed E-state index contributed by atoms with van der Waals surface area (Å²) in [6.07, 6.45) is 5.52. The topological polar surface area (TPSA) is 154 Å². The van der Waals surface area contributed by atoms with E-state index in [9.17, 15) is 4.79 Å². The van der Waals surface area contributed by atoms with Gasteiger partial charge in [0.2, 0.25) is 0 Å². The minimum Gasteiger partial charge on any atom is -0.494 e. The third kappa shape index (κ3) is 3.35. The first kappa shape index (κ1) is 18.1. The number of aromatic nitrogens is 4. The number of carbonyl (C=O) groups is 1. The van der Waals surface area contributed by atoms with Crippen molar-refractivity contribution in [2.24, 2.45) is 11.5 Å². The van der Waals surface area contributed by atoms with Crippen molar-refractivity contribution in [3.63, 3.8) is 0 Å². The zero-order valence-electron chi connectivity index (χ0n) is 15.3. The van der Waals surface area contributed by atoms with E-state index in [1.54, 1.807) is 19.5 Å². The lowest BCUT2D eigenvalue weighted by molar-refractivity contribution is 0.0752. The van der Waals surface area contributed by atoms with Crippen molar-refractivity contribution in [2.45, 2.75) is 18.5 Å². The van der Waals surface area contributed by atoms with E-state index in [-0.39, 0.29) is 17.8 Å². The van der Waals surface area contributed by atoms with Crippen molar-refractivity contribution in [3.05, 3.63) is 30.4 Å². The number of hydrogen-bond acceptors (Lipinski definition) is 8. The fourth-order valence-corrected chi connectivity index (χ4v) is 3.27. The molecule has 10 heteroatoms. The molecule has 1 unspecified atom stereocenters. The quantitative estimate of drug-likeness (QED) is 0.501. The van der Waals surface area contributed by atoms with Crippen molar-refractivity contribution in [3.8, 4) is 17.1 Å². The summed E-state index contributed by atoms with van der Waals surface area (Å²) >= 11 is 0. The van der Waals surface area contributed by atoms with Crippen LogP contribution in [-0.2, 0) is 4.74 Å². The van der Waals surface area contributed by atoms with Gasteiger partial charge < -0.3 is 31.2 Å². The molecule has 0 aliphatic carbocycles. The van der Waals surface area contributed by atoms with Crippen molar-refractivity contribution in [2.75, 3.05) is 25.6 Å². The van der Waals surface area contributed by atoms with E-state index < -0.39 is 5.91 Å². The molecule has 4 rings (SSSR count). The highest BCUT2D eigenvalue weighted by molar-refractivity contribution is 5.98. The molecule has 3 aromatic rings. The maximum absolute atomic E-state index is 11.9. The maximum Gasteiger partial charge on any atom is 0.269 e. The maximum atomic E-state index is 11.9. The Balaban J connectivity index is 1.75. The molecule has 0 aromatic carbocycles. The van der Waals surface area contributed by atoms with Gasteiger partial charge in [0, 0.05) is 24.1 Å². The highest BCUT2D eigenvalue weighted by Crippen LogP contribution is 2.30. The van der Waals surface area contributed by atoms with Gasteiger partial charge in [0.15, 0.2) is 5.69 Å². The second-order valence-electron chi connectivity index (χ2n) is 6.58. The molecule has 0 bridgehead atoms. The van der Waals surface area contributed by atoms with Crippen molar-refractivity contribution in [1.29, 1.82) is 0 Å². The van der Waals surface area contributed by atoms with E-state index in [4.69, 9.17) is 20.9 Å². The Morgan fingerprint density at radius 3 is 3.00 bits per heavy atom. The number of hydrogen-bond donors (Lipinski definition) is 4. The number of amides is 1. The Morgan fingerprint density at radius 2 is 2.25 bits per heavy atom. The summed E-state index contributed by atoms with van der Waals surface area (Å²) in [4.78, 5) is 28.0. The summed E-state index contributed by atoms with van der Waals surface area (Å²) in [5, 5.41) is 4.10. The minimum absolute atomic E-state index is 0.00216. The molecule has 3 aromatic heterocycles. The third-order valence-corrected chi connectivity index (χ3v) is 4.72. The second-order valence-corrected chi connectivity index (χ2v) is 6.58. The van der Waals surface area contributed by atoms with E-state index in [1.807, 2.05) is 6.07 Å². The summed E-state index contributed by atoms with van der Waals surface area (Å²) in [5.41, 5.74) is 13.4. The first-order valence-corrected chi connectivity index (χ1v) is 8.84. The molecule has 0 spiro atoms. The summed E-state index contributed by atoms with van der Waals surface area (Å²) in [6.45, 7) is 1.10. The fourth-order valence-electron chi connectivity index (χ4n) is 3.27. The molecule has 1 aliphatic rings. The van der Waals surface area contributed by atoms with Crippen LogP contribution >= 0.6 is 0 Å². The number of ether oxygens (including phenoxy) is 2. The first-order valence-electron chi connectivity index (χ1n) is 8.84. The number of anilines is 1. The van der Waals surface area contributed by atoms with E-state index in [0.29, 0.717) is 36.2 Å². The Kier molecular flexibility index (Phi) is 4.80. The molecule has 2 atom stereocenters. The van der Waals surface area contributed by atoms with Crippen LogP contribution in [0.2, 0.25) is 0 Å². The van der Waals surface area contributed by atoms with Crippen LogP contribution in [0.4, 0.5) is 5.82 Å². The van der Waals surface area contributed by atoms with Gasteiger partial charge in [-0.3, -0.25) is 9.78 Å². The van der Waals surface area contributed by atoms with E-state index >= 15 is 0 Å². The van der Waals surface area contributed by atoms with Gasteiger partial charge in [-0.05, 0) is 12.5 Å². The Hall–Kier alpha value is -3.24. The number of nitrogens with one attached hydrogen (secondary N) is 2. The van der Waals surface area contributed by atoms with Crippen LogP contribution in [0.25, 0.3) is 22.3 Å². The summed E-state index contributed by atoms with van der Waals surface area (Å²) < 4.78 is 10.7. The van der Waals surface area contributed by atoms with E-state index in [0.717, 1.165) is 17.3 Å². The monoisotopic (exact) mass is 383 g/mol. The summed E-state index contributed by atoms with van der Waals surface area (Å²) in [5.74, 6) is 0.447. The predicted molar refractivity (Wildman–Crippen MR) is 103 cm³/mol. The highest BCUT2D eigenvalue weighted by atomic mass is 16.5. The number of pyridine rings is 1. The number of fused-ring (bicyclic) bond motifs is 1. The predicted octanol–water partition coefficient (Wildman–Crippen LogP) is 0.655. The Morgan fingerprint density at radius 1 is 1.39 bits per heavy atom. The average molecular weight is 383 g/mol. The number of nitrogens with zero attached hydrogens (tertiary/aromatic N) is 3. The molecule has 1 fully saturated rings. The van der Waals surface area contributed by atoms with Crippen LogP contribution in [0.15, 0.2) is 24.7 Å². The number of nitrogens with two attached hydrogens (primary N) is 2.